The Morgan fingerprint density at radius 3 is 2.56 bits per heavy atom. The Morgan fingerprint density at radius 2 is 1.87 bits per heavy atom. The molecule has 5 heterocycles. The molecule has 0 radical (unpaired) electrons. The number of anilines is 2. The lowest BCUT2D eigenvalue weighted by Crippen LogP contribution is -2.39. The first-order chi connectivity index (χ1) is 18.9. The molecule has 3 aromatic rings. The Kier molecular flexibility index (Phi) is 8.52. The lowest BCUT2D eigenvalue weighted by atomic mass is 10.1. The van der Waals surface area contributed by atoms with E-state index < -0.39 is 24.5 Å². The van der Waals surface area contributed by atoms with Crippen LogP contribution in [0, 0.1) is 0 Å². The number of hydrogen-bond donors (Lipinski definition) is 4. The molecular formula is C24H39N11O4. The van der Waals surface area contributed by atoms with E-state index in [1.54, 1.807) is 10.9 Å². The minimum atomic E-state index is -1.26. The monoisotopic (exact) mass is 545 g/mol. The van der Waals surface area contributed by atoms with Crippen LogP contribution in [0.2, 0.25) is 0 Å². The molecule has 4 N–H and O–H groups in total. The first-order valence-electron chi connectivity index (χ1n) is 13.8. The quantitative estimate of drug-likeness (QED) is 0.266. The molecule has 4 atom stereocenters. The van der Waals surface area contributed by atoms with Gasteiger partial charge in [0.05, 0.1) is 25.6 Å². The Morgan fingerprint density at radius 1 is 1.10 bits per heavy atom. The van der Waals surface area contributed by atoms with Crippen molar-refractivity contribution in [3.63, 3.8) is 0 Å². The molecule has 0 amide bonds. The highest BCUT2D eigenvalue weighted by molar-refractivity contribution is 5.84. The Balaban J connectivity index is 1.42. The van der Waals surface area contributed by atoms with Gasteiger partial charge in [0.2, 0.25) is 11.8 Å². The number of fused-ring (bicyclic) bond motifs is 1. The van der Waals surface area contributed by atoms with Crippen LogP contribution in [0.5, 0.6) is 0 Å². The zero-order valence-electron chi connectivity index (χ0n) is 22.9. The summed E-state index contributed by atoms with van der Waals surface area (Å²) in [5.41, 5.74) is 1.03. The van der Waals surface area contributed by atoms with Crippen molar-refractivity contribution in [2.75, 3.05) is 50.0 Å². The molecule has 0 bridgehead atoms. The number of ether oxygens (including phenoxy) is 2. The minimum Gasteiger partial charge on any atom is -0.387 e. The molecule has 2 aliphatic rings. The maximum atomic E-state index is 11.0. The molecule has 2 saturated heterocycles. The number of tetrazole rings is 1. The van der Waals surface area contributed by atoms with Gasteiger partial charge in [0, 0.05) is 32.2 Å². The summed E-state index contributed by atoms with van der Waals surface area (Å²) in [6.07, 6.45) is -1.04. The van der Waals surface area contributed by atoms with Crippen molar-refractivity contribution in [1.82, 2.24) is 44.6 Å². The average Bonchev–Trinajstić information content (AvgIpc) is 3.66. The van der Waals surface area contributed by atoms with Gasteiger partial charge in [0.25, 0.3) is 0 Å². The molecule has 0 spiro atoms. The van der Waals surface area contributed by atoms with Crippen LogP contribution in [-0.2, 0) is 9.47 Å². The molecule has 3 aromatic heterocycles. The van der Waals surface area contributed by atoms with Crippen molar-refractivity contribution in [2.45, 2.75) is 77.2 Å². The molecule has 0 aromatic carbocycles. The number of morpholine rings is 1. The fourth-order valence-corrected chi connectivity index (χ4v) is 4.79. The predicted octanol–water partition coefficient (Wildman–Crippen LogP) is 0.730. The molecule has 15 nitrogen and oxygen atoms in total. The SMILES string of the molecule is CCC(CC)Nc1nc(NCCN2CCOCC2)nc2c1ncn2[C@@H]1O[C@H](c2nnn(C(C)C)n2)[C@@H](O)[C@H]1O. The summed E-state index contributed by atoms with van der Waals surface area (Å²) >= 11 is 0. The molecule has 0 aliphatic carbocycles. The van der Waals surface area contributed by atoms with Crippen molar-refractivity contribution in [1.29, 1.82) is 0 Å². The van der Waals surface area contributed by atoms with E-state index >= 15 is 0 Å². The van der Waals surface area contributed by atoms with Crippen molar-refractivity contribution >= 4 is 22.9 Å². The Bertz CT molecular complexity index is 1220. The van der Waals surface area contributed by atoms with Gasteiger partial charge in [0.1, 0.15) is 12.2 Å². The summed E-state index contributed by atoms with van der Waals surface area (Å²) < 4.78 is 13.2. The fourth-order valence-electron chi connectivity index (χ4n) is 4.79. The number of nitrogens with zero attached hydrogens (tertiary/aromatic N) is 9. The van der Waals surface area contributed by atoms with E-state index in [1.165, 1.54) is 4.80 Å². The van der Waals surface area contributed by atoms with Gasteiger partial charge in [-0.25, -0.2) is 4.98 Å². The van der Waals surface area contributed by atoms with Crippen LogP contribution in [0.25, 0.3) is 11.2 Å². The highest BCUT2D eigenvalue weighted by Gasteiger charge is 2.47. The molecule has 39 heavy (non-hydrogen) atoms. The third-order valence-electron chi connectivity index (χ3n) is 7.24. The molecule has 0 saturated carbocycles. The van der Waals surface area contributed by atoms with Crippen LogP contribution >= 0.6 is 0 Å². The van der Waals surface area contributed by atoms with Crippen LogP contribution in [0.3, 0.4) is 0 Å². The number of aromatic nitrogens is 8. The van der Waals surface area contributed by atoms with Crippen molar-refractivity contribution in [3.8, 4) is 0 Å². The second kappa shape index (κ2) is 12.0. The standard InChI is InChI=1S/C24H39N11O4/c1-5-15(6-2)27-20-16-22(29-24(28-20)25-7-8-33-9-11-38-12-10-33)34(13-26-16)23-18(37)17(36)19(39-23)21-30-32-35(31-21)14(3)4/h13-15,17-19,23,36-37H,5-12H2,1-4H3,(H2,25,27,28,29)/t17-,18+,19-,23+/m0/s1. The van der Waals surface area contributed by atoms with Crippen LogP contribution in [0.4, 0.5) is 11.8 Å². The minimum absolute atomic E-state index is 0.00466. The number of aliphatic hydroxyl groups excluding tert-OH is 2. The molecule has 2 aliphatic heterocycles. The van der Waals surface area contributed by atoms with E-state index in [4.69, 9.17) is 19.4 Å². The van der Waals surface area contributed by atoms with Gasteiger partial charge in [-0.3, -0.25) is 9.47 Å². The van der Waals surface area contributed by atoms with E-state index in [9.17, 15) is 10.2 Å². The molecule has 0 unspecified atom stereocenters. The van der Waals surface area contributed by atoms with Gasteiger partial charge < -0.3 is 30.3 Å². The topological polar surface area (TPSA) is 173 Å². The molecule has 5 rings (SSSR count). The van der Waals surface area contributed by atoms with E-state index in [-0.39, 0.29) is 17.9 Å². The van der Waals surface area contributed by atoms with Gasteiger partial charge >= 0.3 is 0 Å². The molecule has 214 valence electrons. The highest BCUT2D eigenvalue weighted by atomic mass is 16.6. The zero-order valence-corrected chi connectivity index (χ0v) is 22.9. The summed E-state index contributed by atoms with van der Waals surface area (Å²) in [7, 11) is 0. The lowest BCUT2D eigenvalue weighted by molar-refractivity contribution is -0.0384. The predicted molar refractivity (Wildman–Crippen MR) is 142 cm³/mol. The first-order valence-corrected chi connectivity index (χ1v) is 13.8. The van der Waals surface area contributed by atoms with Crippen molar-refractivity contribution < 1.29 is 19.7 Å². The summed E-state index contributed by atoms with van der Waals surface area (Å²) in [6, 6.07) is 0.207. The number of hydrogen-bond acceptors (Lipinski definition) is 13. The van der Waals surface area contributed by atoms with E-state index in [1.807, 2.05) is 13.8 Å². The fraction of sp³-hybridized carbons (Fsp3) is 0.750. The Labute approximate surface area is 226 Å². The number of nitrogens with one attached hydrogen (secondary N) is 2. The van der Waals surface area contributed by atoms with Gasteiger partial charge in [-0.1, -0.05) is 13.8 Å². The number of aliphatic hydroxyl groups is 2. The number of imidazole rings is 1. The second-order valence-corrected chi connectivity index (χ2v) is 10.2. The average molecular weight is 546 g/mol. The van der Waals surface area contributed by atoms with Gasteiger partial charge in [-0.05, 0) is 31.9 Å². The molecule has 15 heteroatoms. The van der Waals surface area contributed by atoms with Gasteiger partial charge in [-0.2, -0.15) is 14.8 Å². The van der Waals surface area contributed by atoms with Gasteiger partial charge in [0.15, 0.2) is 29.3 Å². The zero-order chi connectivity index (χ0) is 27.5. The lowest BCUT2D eigenvalue weighted by Gasteiger charge is -2.26. The smallest absolute Gasteiger partial charge is 0.226 e. The number of rotatable bonds is 11. The van der Waals surface area contributed by atoms with Crippen molar-refractivity contribution in [2.24, 2.45) is 0 Å². The largest absolute Gasteiger partial charge is 0.387 e. The summed E-state index contributed by atoms with van der Waals surface area (Å²) in [4.78, 5) is 17.8. The van der Waals surface area contributed by atoms with Crippen LogP contribution in [0.1, 0.15) is 64.7 Å². The van der Waals surface area contributed by atoms with Crippen molar-refractivity contribution in [3.05, 3.63) is 12.2 Å². The van der Waals surface area contributed by atoms with Crippen LogP contribution < -0.4 is 10.6 Å². The first kappa shape index (κ1) is 27.6. The highest BCUT2D eigenvalue weighted by Crippen LogP contribution is 2.39. The maximum Gasteiger partial charge on any atom is 0.226 e. The van der Waals surface area contributed by atoms with Crippen LogP contribution in [-0.4, -0.2) is 112 Å². The van der Waals surface area contributed by atoms with E-state index in [2.05, 4.69) is 49.8 Å². The van der Waals surface area contributed by atoms with E-state index in [0.29, 0.717) is 29.5 Å². The second-order valence-electron chi connectivity index (χ2n) is 10.2. The maximum absolute atomic E-state index is 11.0. The van der Waals surface area contributed by atoms with Gasteiger partial charge in [-0.15, -0.1) is 10.2 Å². The normalized spacial score (nSPS) is 24.3. The molecule has 2 fully saturated rings. The third-order valence-corrected chi connectivity index (χ3v) is 7.24. The summed E-state index contributed by atoms with van der Waals surface area (Å²) in [5.74, 6) is 1.25. The van der Waals surface area contributed by atoms with Crippen LogP contribution in [0.15, 0.2) is 6.33 Å². The summed E-state index contributed by atoms with van der Waals surface area (Å²) in [6.45, 7) is 12.9. The summed E-state index contributed by atoms with van der Waals surface area (Å²) in [5, 5.41) is 41.0. The Hall–Kier alpha value is -2.98. The van der Waals surface area contributed by atoms with E-state index in [0.717, 1.165) is 45.7 Å². The molecular weight excluding hydrogens is 506 g/mol. The third kappa shape index (κ3) is 5.82.